The van der Waals surface area contributed by atoms with Crippen molar-refractivity contribution >= 4 is 5.97 Å². The molecule has 2 aliphatic heterocycles. The van der Waals surface area contributed by atoms with Crippen LogP contribution in [-0.4, -0.2) is 11.8 Å². The van der Waals surface area contributed by atoms with Gasteiger partial charge in [0.2, 0.25) is 5.79 Å². The highest BCUT2D eigenvalue weighted by molar-refractivity contribution is 5.85. The molecular weight excluding hydrogens is 292 g/mol. The Balaban J connectivity index is 1.69. The zero-order valence-corrected chi connectivity index (χ0v) is 12.4. The molecule has 4 rings (SSSR count). The molecule has 0 radical (unpaired) electrons. The Morgan fingerprint density at radius 2 is 1.57 bits per heavy atom. The number of benzene rings is 2. The second-order valence-corrected chi connectivity index (χ2v) is 5.67. The summed E-state index contributed by atoms with van der Waals surface area (Å²) >= 11 is 0. The van der Waals surface area contributed by atoms with Crippen molar-refractivity contribution in [2.45, 2.75) is 24.6 Å². The SMILES string of the molecule is O=C1C=C[C@]2(C[C@@H](c3ccccc3)O[C@@H](c3ccccc3)O2)O1. The van der Waals surface area contributed by atoms with Crippen LogP contribution in [0.2, 0.25) is 0 Å². The summed E-state index contributed by atoms with van der Waals surface area (Å²) in [6, 6.07) is 19.6. The van der Waals surface area contributed by atoms with Crippen LogP contribution in [-0.2, 0) is 19.0 Å². The van der Waals surface area contributed by atoms with Crippen molar-refractivity contribution in [3.8, 4) is 0 Å². The number of carbonyl (C=O) groups is 1. The predicted molar refractivity (Wildman–Crippen MR) is 83.1 cm³/mol. The van der Waals surface area contributed by atoms with Crippen LogP contribution in [0.5, 0.6) is 0 Å². The van der Waals surface area contributed by atoms with Crippen molar-refractivity contribution in [3.05, 3.63) is 83.9 Å². The van der Waals surface area contributed by atoms with Gasteiger partial charge in [-0.1, -0.05) is 60.7 Å². The lowest BCUT2D eigenvalue weighted by Gasteiger charge is -2.40. The average Bonchev–Trinajstić information content (AvgIpc) is 2.96. The number of carbonyl (C=O) groups excluding carboxylic acids is 1. The molecule has 2 aromatic rings. The Morgan fingerprint density at radius 3 is 2.17 bits per heavy atom. The largest absolute Gasteiger partial charge is 0.426 e. The molecule has 4 nitrogen and oxygen atoms in total. The molecule has 0 N–H and O–H groups in total. The zero-order chi connectivity index (χ0) is 15.7. The van der Waals surface area contributed by atoms with E-state index in [0.717, 1.165) is 11.1 Å². The van der Waals surface area contributed by atoms with Gasteiger partial charge in [0.15, 0.2) is 6.29 Å². The fourth-order valence-electron chi connectivity index (χ4n) is 2.94. The minimum absolute atomic E-state index is 0.217. The van der Waals surface area contributed by atoms with E-state index < -0.39 is 12.1 Å². The van der Waals surface area contributed by atoms with E-state index in [0.29, 0.717) is 6.42 Å². The number of ether oxygens (including phenoxy) is 3. The van der Waals surface area contributed by atoms with Gasteiger partial charge in [0.25, 0.3) is 0 Å². The van der Waals surface area contributed by atoms with E-state index in [1.54, 1.807) is 6.08 Å². The fourth-order valence-corrected chi connectivity index (χ4v) is 2.94. The maximum atomic E-state index is 11.6. The molecule has 23 heavy (non-hydrogen) atoms. The van der Waals surface area contributed by atoms with Gasteiger partial charge in [0.05, 0.1) is 6.10 Å². The van der Waals surface area contributed by atoms with Gasteiger partial charge in [-0.05, 0) is 11.6 Å². The highest BCUT2D eigenvalue weighted by atomic mass is 16.8. The molecule has 0 unspecified atom stereocenters. The molecule has 1 fully saturated rings. The average molecular weight is 308 g/mol. The molecule has 0 bridgehead atoms. The summed E-state index contributed by atoms with van der Waals surface area (Å²) < 4.78 is 17.6. The summed E-state index contributed by atoms with van der Waals surface area (Å²) in [4.78, 5) is 11.6. The van der Waals surface area contributed by atoms with E-state index in [1.807, 2.05) is 60.7 Å². The first-order valence-corrected chi connectivity index (χ1v) is 7.59. The van der Waals surface area contributed by atoms with Crippen molar-refractivity contribution < 1.29 is 19.0 Å². The quantitative estimate of drug-likeness (QED) is 0.794. The van der Waals surface area contributed by atoms with Crippen LogP contribution in [0.25, 0.3) is 0 Å². The van der Waals surface area contributed by atoms with Crippen molar-refractivity contribution in [3.63, 3.8) is 0 Å². The smallest absolute Gasteiger partial charge is 0.333 e. The summed E-state index contributed by atoms with van der Waals surface area (Å²) in [7, 11) is 0. The van der Waals surface area contributed by atoms with Crippen LogP contribution in [0, 0.1) is 0 Å². The molecule has 116 valence electrons. The number of hydrogen-bond donors (Lipinski definition) is 0. The highest BCUT2D eigenvalue weighted by Gasteiger charge is 2.47. The number of rotatable bonds is 2. The second kappa shape index (κ2) is 5.65. The van der Waals surface area contributed by atoms with Crippen molar-refractivity contribution in [2.75, 3.05) is 0 Å². The third-order valence-corrected chi connectivity index (χ3v) is 4.05. The Bertz CT molecular complexity index is 676. The van der Waals surface area contributed by atoms with Gasteiger partial charge in [-0.3, -0.25) is 0 Å². The molecular formula is C19H16O4. The van der Waals surface area contributed by atoms with Gasteiger partial charge in [0.1, 0.15) is 0 Å². The normalized spacial score (nSPS) is 29.7. The predicted octanol–water partition coefficient (Wildman–Crippen LogP) is 3.67. The monoisotopic (exact) mass is 308 g/mol. The Labute approximate surface area is 134 Å². The molecule has 0 aromatic heterocycles. The maximum Gasteiger partial charge on any atom is 0.333 e. The summed E-state index contributed by atoms with van der Waals surface area (Å²) in [5.41, 5.74) is 1.93. The summed E-state index contributed by atoms with van der Waals surface area (Å²) in [5, 5.41) is 0. The molecule has 2 heterocycles. The Morgan fingerprint density at radius 1 is 0.913 bits per heavy atom. The first-order valence-electron chi connectivity index (χ1n) is 7.59. The van der Waals surface area contributed by atoms with E-state index in [4.69, 9.17) is 14.2 Å². The molecule has 0 amide bonds. The van der Waals surface area contributed by atoms with Crippen LogP contribution >= 0.6 is 0 Å². The lowest BCUT2D eigenvalue weighted by molar-refractivity contribution is -0.335. The maximum absolute atomic E-state index is 11.6. The van der Waals surface area contributed by atoms with E-state index in [2.05, 4.69) is 0 Å². The third-order valence-electron chi connectivity index (χ3n) is 4.05. The van der Waals surface area contributed by atoms with E-state index in [9.17, 15) is 4.79 Å². The molecule has 1 saturated heterocycles. The molecule has 3 atom stereocenters. The molecule has 1 spiro atoms. The van der Waals surface area contributed by atoms with Crippen LogP contribution in [0.4, 0.5) is 0 Å². The van der Waals surface area contributed by atoms with Crippen LogP contribution < -0.4 is 0 Å². The van der Waals surface area contributed by atoms with Crippen LogP contribution in [0.1, 0.15) is 29.9 Å². The second-order valence-electron chi connectivity index (χ2n) is 5.67. The molecule has 2 aliphatic rings. The minimum Gasteiger partial charge on any atom is -0.426 e. The van der Waals surface area contributed by atoms with Gasteiger partial charge < -0.3 is 14.2 Å². The van der Waals surface area contributed by atoms with Crippen molar-refractivity contribution in [1.82, 2.24) is 0 Å². The minimum atomic E-state index is -1.06. The van der Waals surface area contributed by atoms with Gasteiger partial charge >= 0.3 is 5.97 Å². The first kappa shape index (κ1) is 14.2. The summed E-state index contributed by atoms with van der Waals surface area (Å²) in [6.45, 7) is 0. The summed E-state index contributed by atoms with van der Waals surface area (Å²) in [6.07, 6.45) is 2.72. The van der Waals surface area contributed by atoms with Crippen LogP contribution in [0.3, 0.4) is 0 Å². The Hall–Kier alpha value is -2.43. The van der Waals surface area contributed by atoms with Crippen molar-refractivity contribution in [2.24, 2.45) is 0 Å². The topological polar surface area (TPSA) is 44.8 Å². The van der Waals surface area contributed by atoms with Crippen molar-refractivity contribution in [1.29, 1.82) is 0 Å². The summed E-state index contributed by atoms with van der Waals surface area (Å²) in [5.74, 6) is -1.44. The van der Waals surface area contributed by atoms with E-state index >= 15 is 0 Å². The lowest BCUT2D eigenvalue weighted by atomic mass is 9.99. The third kappa shape index (κ3) is 2.79. The molecule has 4 heteroatoms. The molecule has 2 aromatic carbocycles. The van der Waals surface area contributed by atoms with Gasteiger partial charge in [-0.2, -0.15) is 0 Å². The van der Waals surface area contributed by atoms with Gasteiger partial charge in [-0.25, -0.2) is 4.79 Å². The Kier molecular flexibility index (Phi) is 3.48. The zero-order valence-electron chi connectivity index (χ0n) is 12.4. The van der Waals surface area contributed by atoms with Gasteiger partial charge in [-0.15, -0.1) is 0 Å². The van der Waals surface area contributed by atoms with Crippen LogP contribution in [0.15, 0.2) is 72.8 Å². The highest BCUT2D eigenvalue weighted by Crippen LogP contribution is 2.45. The number of esters is 1. The fraction of sp³-hybridized carbons (Fsp3) is 0.211. The van der Waals surface area contributed by atoms with E-state index in [1.165, 1.54) is 6.08 Å². The first-order chi connectivity index (χ1) is 11.2. The standard InChI is InChI=1S/C19H16O4/c20-17-11-12-19(22-17)13-16(14-7-3-1-4-8-14)21-18(23-19)15-9-5-2-6-10-15/h1-12,16,18H,13H2/t16-,18+,19-/m0/s1. The van der Waals surface area contributed by atoms with E-state index in [-0.39, 0.29) is 12.1 Å². The number of hydrogen-bond acceptors (Lipinski definition) is 4. The molecule has 0 aliphatic carbocycles. The molecule has 0 saturated carbocycles. The van der Waals surface area contributed by atoms with Gasteiger partial charge in [0, 0.05) is 18.1 Å². The lowest BCUT2D eigenvalue weighted by Crippen LogP contribution is -2.41.